The average Bonchev–Trinajstić information content (AvgIpc) is 2.48. The highest BCUT2D eigenvalue weighted by Gasteiger charge is 2.05. The Morgan fingerprint density at radius 2 is 1.95 bits per heavy atom. The smallest absolute Gasteiger partial charge is 0.335 e. The highest BCUT2D eigenvalue weighted by atomic mass is 35.5. The number of carboxylic acids is 1. The van der Waals surface area contributed by atoms with E-state index in [2.05, 4.69) is 5.32 Å². The summed E-state index contributed by atoms with van der Waals surface area (Å²) in [5.74, 6) is -0.147. The molecule has 5 heteroatoms. The Kier molecular flexibility index (Phi) is 5.06. The van der Waals surface area contributed by atoms with Crippen molar-refractivity contribution in [3.8, 4) is 5.75 Å². The third kappa shape index (κ3) is 4.13. The molecule has 0 saturated heterocycles. The van der Waals surface area contributed by atoms with Crippen LogP contribution in [0.25, 0.3) is 0 Å². The molecule has 0 saturated carbocycles. The molecule has 0 atom stereocenters. The van der Waals surface area contributed by atoms with Crippen molar-refractivity contribution in [1.29, 1.82) is 0 Å². The summed E-state index contributed by atoms with van der Waals surface area (Å²) < 4.78 is 5.55. The van der Waals surface area contributed by atoms with Crippen LogP contribution < -0.4 is 10.1 Å². The third-order valence-corrected chi connectivity index (χ3v) is 3.17. The van der Waals surface area contributed by atoms with Gasteiger partial charge in [0.25, 0.3) is 0 Å². The van der Waals surface area contributed by atoms with Gasteiger partial charge in [0.1, 0.15) is 5.75 Å². The summed E-state index contributed by atoms with van der Waals surface area (Å²) >= 11 is 6.01. The zero-order chi connectivity index (χ0) is 15.2. The Morgan fingerprint density at radius 3 is 2.57 bits per heavy atom. The first-order valence-electron chi connectivity index (χ1n) is 6.58. The second kappa shape index (κ2) is 6.99. The quantitative estimate of drug-likeness (QED) is 0.845. The molecule has 0 unspecified atom stereocenters. The molecule has 21 heavy (non-hydrogen) atoms. The Balaban J connectivity index is 2.08. The second-order valence-corrected chi connectivity index (χ2v) is 4.86. The zero-order valence-corrected chi connectivity index (χ0v) is 12.4. The van der Waals surface area contributed by atoms with Crippen LogP contribution >= 0.6 is 11.6 Å². The van der Waals surface area contributed by atoms with Crippen molar-refractivity contribution < 1.29 is 14.6 Å². The van der Waals surface area contributed by atoms with Crippen LogP contribution in [0.5, 0.6) is 5.75 Å². The first kappa shape index (κ1) is 15.2. The highest BCUT2D eigenvalue weighted by Crippen LogP contribution is 2.24. The van der Waals surface area contributed by atoms with Crippen LogP contribution in [0.1, 0.15) is 22.8 Å². The number of carbonyl (C=O) groups is 1. The molecular formula is C16H16ClNO3. The molecule has 2 aromatic carbocycles. The first-order valence-corrected chi connectivity index (χ1v) is 6.96. The predicted molar refractivity (Wildman–Crippen MR) is 83.3 cm³/mol. The molecule has 2 rings (SSSR count). The number of carboxylic acid groups (broad SMARTS) is 1. The predicted octanol–water partition coefficient (Wildman–Crippen LogP) is 4.05. The number of ether oxygens (including phenoxy) is 1. The lowest BCUT2D eigenvalue weighted by Crippen LogP contribution is -2.04. The van der Waals surface area contributed by atoms with E-state index in [1.807, 2.05) is 19.1 Å². The number of halogens is 1. The molecule has 2 aromatic rings. The Labute approximate surface area is 128 Å². The van der Waals surface area contributed by atoms with Crippen molar-refractivity contribution in [1.82, 2.24) is 0 Å². The van der Waals surface area contributed by atoms with E-state index >= 15 is 0 Å². The van der Waals surface area contributed by atoms with Crippen molar-refractivity contribution in [3.63, 3.8) is 0 Å². The van der Waals surface area contributed by atoms with Crippen molar-refractivity contribution >= 4 is 23.3 Å². The largest absolute Gasteiger partial charge is 0.494 e. The molecule has 0 aliphatic carbocycles. The SMILES string of the molecule is CCOc1ccc(Cl)cc1CNc1ccc(C(=O)O)cc1. The minimum Gasteiger partial charge on any atom is -0.494 e. The molecule has 110 valence electrons. The van der Waals surface area contributed by atoms with Gasteiger partial charge < -0.3 is 15.2 Å². The topological polar surface area (TPSA) is 58.6 Å². The van der Waals surface area contributed by atoms with Gasteiger partial charge in [-0.3, -0.25) is 0 Å². The minimum atomic E-state index is -0.935. The van der Waals surface area contributed by atoms with E-state index in [1.54, 1.807) is 30.3 Å². The molecule has 0 radical (unpaired) electrons. The van der Waals surface area contributed by atoms with Gasteiger partial charge in [-0.05, 0) is 49.4 Å². The maximum atomic E-state index is 10.8. The molecule has 0 fully saturated rings. The molecule has 0 aromatic heterocycles. The van der Waals surface area contributed by atoms with E-state index in [9.17, 15) is 4.79 Å². The minimum absolute atomic E-state index is 0.262. The normalized spacial score (nSPS) is 10.2. The van der Waals surface area contributed by atoms with E-state index in [0.717, 1.165) is 17.0 Å². The van der Waals surface area contributed by atoms with Gasteiger partial charge >= 0.3 is 5.97 Å². The summed E-state index contributed by atoms with van der Waals surface area (Å²) in [5, 5.41) is 12.7. The monoisotopic (exact) mass is 305 g/mol. The van der Waals surface area contributed by atoms with Crippen molar-refractivity contribution in [3.05, 3.63) is 58.6 Å². The summed E-state index contributed by atoms with van der Waals surface area (Å²) in [4.78, 5) is 10.8. The van der Waals surface area contributed by atoms with Crippen LogP contribution in [0.15, 0.2) is 42.5 Å². The van der Waals surface area contributed by atoms with Crippen LogP contribution in [0.2, 0.25) is 5.02 Å². The van der Waals surface area contributed by atoms with Crippen LogP contribution in [0.4, 0.5) is 5.69 Å². The fraction of sp³-hybridized carbons (Fsp3) is 0.188. The molecule has 0 spiro atoms. The summed E-state index contributed by atoms with van der Waals surface area (Å²) in [7, 11) is 0. The number of rotatable bonds is 6. The zero-order valence-electron chi connectivity index (χ0n) is 11.6. The van der Waals surface area contributed by atoms with Gasteiger partial charge in [0, 0.05) is 22.8 Å². The van der Waals surface area contributed by atoms with Crippen LogP contribution in [0, 0.1) is 0 Å². The third-order valence-electron chi connectivity index (χ3n) is 2.94. The molecule has 0 amide bonds. The van der Waals surface area contributed by atoms with Gasteiger partial charge in [-0.25, -0.2) is 4.79 Å². The summed E-state index contributed by atoms with van der Waals surface area (Å²) in [6.45, 7) is 3.06. The fourth-order valence-corrected chi connectivity index (χ4v) is 2.11. The van der Waals surface area contributed by atoms with Crippen LogP contribution in [-0.2, 0) is 6.54 Å². The van der Waals surface area contributed by atoms with E-state index in [0.29, 0.717) is 18.2 Å². The molecular weight excluding hydrogens is 290 g/mol. The number of nitrogens with one attached hydrogen (secondary N) is 1. The Bertz CT molecular complexity index is 626. The second-order valence-electron chi connectivity index (χ2n) is 4.42. The van der Waals surface area contributed by atoms with Crippen molar-refractivity contribution in [2.24, 2.45) is 0 Å². The van der Waals surface area contributed by atoms with Crippen LogP contribution in [0.3, 0.4) is 0 Å². The van der Waals surface area contributed by atoms with E-state index in [4.69, 9.17) is 21.4 Å². The molecule has 0 heterocycles. The lowest BCUT2D eigenvalue weighted by molar-refractivity contribution is 0.0697. The van der Waals surface area contributed by atoms with Crippen molar-refractivity contribution in [2.75, 3.05) is 11.9 Å². The standard InChI is InChI=1S/C16H16ClNO3/c1-2-21-15-8-5-13(17)9-12(15)10-18-14-6-3-11(4-7-14)16(19)20/h3-9,18H,2,10H2,1H3,(H,19,20). The van der Waals surface area contributed by atoms with Gasteiger partial charge in [0.05, 0.1) is 12.2 Å². The van der Waals surface area contributed by atoms with Gasteiger partial charge in [0.2, 0.25) is 0 Å². The summed E-state index contributed by atoms with van der Waals surface area (Å²) in [6.07, 6.45) is 0. The molecule has 0 bridgehead atoms. The van der Waals surface area contributed by atoms with Crippen molar-refractivity contribution in [2.45, 2.75) is 13.5 Å². The fourth-order valence-electron chi connectivity index (χ4n) is 1.91. The molecule has 0 aliphatic heterocycles. The van der Waals surface area contributed by atoms with Gasteiger partial charge in [0.15, 0.2) is 0 Å². The first-order chi connectivity index (χ1) is 10.1. The lowest BCUT2D eigenvalue weighted by Gasteiger charge is -2.12. The van der Waals surface area contributed by atoms with Gasteiger partial charge in [-0.1, -0.05) is 11.6 Å². The number of hydrogen-bond acceptors (Lipinski definition) is 3. The Hall–Kier alpha value is -2.20. The molecule has 2 N–H and O–H groups in total. The van der Waals surface area contributed by atoms with Crippen LogP contribution in [-0.4, -0.2) is 17.7 Å². The lowest BCUT2D eigenvalue weighted by atomic mass is 10.1. The number of hydrogen-bond donors (Lipinski definition) is 2. The maximum Gasteiger partial charge on any atom is 0.335 e. The van der Waals surface area contributed by atoms with Gasteiger partial charge in [-0.2, -0.15) is 0 Å². The molecule has 0 aliphatic rings. The molecule has 4 nitrogen and oxygen atoms in total. The van der Waals surface area contributed by atoms with E-state index < -0.39 is 5.97 Å². The highest BCUT2D eigenvalue weighted by molar-refractivity contribution is 6.30. The van der Waals surface area contributed by atoms with E-state index in [-0.39, 0.29) is 5.56 Å². The van der Waals surface area contributed by atoms with E-state index in [1.165, 1.54) is 0 Å². The summed E-state index contributed by atoms with van der Waals surface area (Å²) in [6, 6.07) is 12.1. The number of aromatic carboxylic acids is 1. The summed E-state index contributed by atoms with van der Waals surface area (Å²) in [5.41, 5.74) is 2.05. The maximum absolute atomic E-state index is 10.8. The van der Waals surface area contributed by atoms with Gasteiger partial charge in [-0.15, -0.1) is 0 Å². The average molecular weight is 306 g/mol. The number of benzene rings is 2. The number of anilines is 1. The Morgan fingerprint density at radius 1 is 1.24 bits per heavy atom.